The second kappa shape index (κ2) is 7.44. The molecule has 0 N–H and O–H groups in total. The first-order chi connectivity index (χ1) is 13.0. The van der Waals surface area contributed by atoms with Gasteiger partial charge in [0.1, 0.15) is 11.6 Å². The lowest BCUT2D eigenvalue weighted by Crippen LogP contribution is -2.23. The summed E-state index contributed by atoms with van der Waals surface area (Å²) in [5.41, 5.74) is -1.81. The Morgan fingerprint density at radius 2 is 1.75 bits per heavy atom. The molecule has 0 amide bonds. The zero-order valence-electron chi connectivity index (χ0n) is 14.8. The molecule has 28 heavy (non-hydrogen) atoms. The number of sulfone groups is 1. The summed E-state index contributed by atoms with van der Waals surface area (Å²) in [7, 11) is -2.84. The van der Waals surface area contributed by atoms with E-state index in [-0.39, 0.29) is 30.1 Å². The molecule has 0 aromatic heterocycles. The van der Waals surface area contributed by atoms with E-state index in [0.717, 1.165) is 24.3 Å². The maximum absolute atomic E-state index is 14.0. The van der Waals surface area contributed by atoms with E-state index in [1.54, 1.807) is 0 Å². The molecule has 152 valence electrons. The molecule has 3 rings (SSSR count). The van der Waals surface area contributed by atoms with Gasteiger partial charge in [0.15, 0.2) is 9.84 Å². The minimum Gasteiger partial charge on any atom is -0.381 e. The molecule has 0 unspecified atom stereocenters. The van der Waals surface area contributed by atoms with E-state index in [4.69, 9.17) is 4.74 Å². The molecular formula is C19H17F5O3S. The molecule has 2 atom stereocenters. The Bertz CT molecular complexity index is 986. The van der Waals surface area contributed by atoms with E-state index in [9.17, 15) is 30.4 Å². The molecule has 0 saturated heterocycles. The molecule has 3 nitrogen and oxygen atoms in total. The van der Waals surface area contributed by atoms with Crippen LogP contribution >= 0.6 is 0 Å². The highest BCUT2D eigenvalue weighted by Gasteiger charge is 2.42. The summed E-state index contributed by atoms with van der Waals surface area (Å²) in [4.78, 5) is -0.840. The van der Waals surface area contributed by atoms with Crippen molar-refractivity contribution in [2.75, 3.05) is 7.11 Å². The smallest absolute Gasteiger partial charge is 0.381 e. The highest BCUT2D eigenvalue weighted by molar-refractivity contribution is 7.92. The van der Waals surface area contributed by atoms with E-state index in [1.807, 2.05) is 0 Å². The largest absolute Gasteiger partial charge is 0.417 e. The minimum absolute atomic E-state index is 0.116. The molecule has 0 heterocycles. The summed E-state index contributed by atoms with van der Waals surface area (Å²) in [5, 5.41) is -0.980. The van der Waals surface area contributed by atoms with Gasteiger partial charge in [0, 0.05) is 18.7 Å². The van der Waals surface area contributed by atoms with Crippen molar-refractivity contribution in [1.82, 2.24) is 0 Å². The van der Waals surface area contributed by atoms with Crippen LogP contribution in [-0.2, 0) is 20.8 Å². The number of alkyl halides is 3. The van der Waals surface area contributed by atoms with Gasteiger partial charge in [0.25, 0.3) is 0 Å². The maximum Gasteiger partial charge on any atom is 0.417 e. The Morgan fingerprint density at radius 3 is 2.32 bits per heavy atom. The number of halogens is 5. The van der Waals surface area contributed by atoms with Crippen LogP contribution in [0.15, 0.2) is 41.3 Å². The van der Waals surface area contributed by atoms with Gasteiger partial charge in [-0.2, -0.15) is 13.2 Å². The van der Waals surface area contributed by atoms with Gasteiger partial charge in [-0.05, 0) is 49.1 Å². The standard InChI is InChI=1S/C19H17F5O3S/c1-27-13-4-5-14(10-13)28(25,26)18-7-2-11(8-16(18)19(22,23)24)15-6-3-12(20)9-17(15)21/h2-3,6-9,13-14H,4-5,10H2,1H3/t13-,14-/m0/s1. The minimum atomic E-state index is -4.96. The highest BCUT2D eigenvalue weighted by atomic mass is 32.2. The van der Waals surface area contributed by atoms with Crippen LogP contribution in [0.5, 0.6) is 0 Å². The zero-order valence-corrected chi connectivity index (χ0v) is 15.6. The molecule has 2 aromatic rings. The SMILES string of the molecule is CO[C@H]1CC[C@H](S(=O)(=O)c2ccc(-c3ccc(F)cc3F)cc2C(F)(F)F)C1. The van der Waals surface area contributed by atoms with Gasteiger partial charge < -0.3 is 4.74 Å². The number of rotatable bonds is 4. The van der Waals surface area contributed by atoms with Gasteiger partial charge in [-0.1, -0.05) is 6.07 Å². The fourth-order valence-electron chi connectivity index (χ4n) is 3.47. The summed E-state index contributed by atoms with van der Waals surface area (Å²) in [6.45, 7) is 0. The van der Waals surface area contributed by atoms with Gasteiger partial charge in [-0.15, -0.1) is 0 Å². The Morgan fingerprint density at radius 1 is 1.04 bits per heavy atom. The third-order valence-electron chi connectivity index (χ3n) is 4.94. The first-order valence-corrected chi connectivity index (χ1v) is 10.0. The van der Waals surface area contributed by atoms with Crippen LogP contribution in [0, 0.1) is 11.6 Å². The van der Waals surface area contributed by atoms with Crippen molar-refractivity contribution in [1.29, 1.82) is 0 Å². The van der Waals surface area contributed by atoms with Gasteiger partial charge in [0.2, 0.25) is 0 Å². The Labute approximate surface area is 159 Å². The van der Waals surface area contributed by atoms with Crippen molar-refractivity contribution < 1.29 is 35.1 Å². The average Bonchev–Trinajstić information content (AvgIpc) is 3.10. The summed E-state index contributed by atoms with van der Waals surface area (Å²) >= 11 is 0. The number of methoxy groups -OCH3 is 1. The molecule has 1 aliphatic carbocycles. The van der Waals surface area contributed by atoms with E-state index in [2.05, 4.69) is 0 Å². The first kappa shape index (κ1) is 20.7. The number of benzene rings is 2. The van der Waals surface area contributed by atoms with Gasteiger partial charge in [0.05, 0.1) is 21.8 Å². The van der Waals surface area contributed by atoms with Crippen molar-refractivity contribution in [3.8, 4) is 11.1 Å². The fraction of sp³-hybridized carbons (Fsp3) is 0.368. The van der Waals surface area contributed by atoms with Crippen LogP contribution in [0.3, 0.4) is 0 Å². The topological polar surface area (TPSA) is 43.4 Å². The van der Waals surface area contributed by atoms with Crippen LogP contribution < -0.4 is 0 Å². The molecule has 9 heteroatoms. The Hall–Kier alpha value is -2.00. The Balaban J connectivity index is 2.10. The van der Waals surface area contributed by atoms with Crippen LogP contribution in [0.2, 0.25) is 0 Å². The quantitative estimate of drug-likeness (QED) is 0.655. The van der Waals surface area contributed by atoms with Gasteiger partial charge in [-0.3, -0.25) is 0 Å². The molecular weight excluding hydrogens is 403 g/mol. The van der Waals surface area contributed by atoms with E-state index in [1.165, 1.54) is 7.11 Å². The van der Waals surface area contributed by atoms with Crippen molar-refractivity contribution in [2.45, 2.75) is 41.7 Å². The van der Waals surface area contributed by atoms with Crippen LogP contribution in [0.4, 0.5) is 22.0 Å². The summed E-state index contributed by atoms with van der Waals surface area (Å²) in [6.07, 6.45) is -4.52. The number of ether oxygens (including phenoxy) is 1. The lowest BCUT2D eigenvalue weighted by molar-refractivity contribution is -0.139. The highest BCUT2D eigenvalue weighted by Crippen LogP contribution is 2.41. The average molecular weight is 420 g/mol. The van der Waals surface area contributed by atoms with Crippen molar-refractivity contribution in [3.63, 3.8) is 0 Å². The number of hydrogen-bond acceptors (Lipinski definition) is 3. The third-order valence-corrected chi connectivity index (χ3v) is 7.22. The summed E-state index contributed by atoms with van der Waals surface area (Å²) in [6, 6.07) is 5.01. The molecule has 0 radical (unpaired) electrons. The van der Waals surface area contributed by atoms with Crippen molar-refractivity contribution in [2.24, 2.45) is 0 Å². The van der Waals surface area contributed by atoms with Crippen LogP contribution in [0.25, 0.3) is 11.1 Å². The molecule has 0 bridgehead atoms. The van der Waals surface area contributed by atoms with Gasteiger partial charge >= 0.3 is 6.18 Å². The maximum atomic E-state index is 14.0. The molecule has 0 aliphatic heterocycles. The summed E-state index contributed by atoms with van der Waals surface area (Å²) in [5.74, 6) is -1.91. The second-order valence-electron chi connectivity index (χ2n) is 6.67. The molecule has 1 aliphatic rings. The predicted octanol–water partition coefficient (Wildman–Crippen LogP) is 4.99. The monoisotopic (exact) mass is 420 g/mol. The van der Waals surface area contributed by atoms with Gasteiger partial charge in [-0.25, -0.2) is 17.2 Å². The molecule has 0 spiro atoms. The second-order valence-corrected chi connectivity index (χ2v) is 8.87. The third kappa shape index (κ3) is 3.91. The molecule has 2 aromatic carbocycles. The molecule has 1 fully saturated rings. The van der Waals surface area contributed by atoms with E-state index in [0.29, 0.717) is 18.6 Å². The predicted molar refractivity (Wildman–Crippen MR) is 92.4 cm³/mol. The molecule has 1 saturated carbocycles. The van der Waals surface area contributed by atoms with Crippen molar-refractivity contribution in [3.05, 3.63) is 53.6 Å². The first-order valence-electron chi connectivity index (χ1n) is 8.47. The van der Waals surface area contributed by atoms with E-state index >= 15 is 0 Å². The number of hydrogen-bond donors (Lipinski definition) is 0. The van der Waals surface area contributed by atoms with E-state index < -0.39 is 43.4 Å². The normalized spacial score (nSPS) is 20.5. The lowest BCUT2D eigenvalue weighted by atomic mass is 10.0. The van der Waals surface area contributed by atoms with Crippen LogP contribution in [-0.4, -0.2) is 26.9 Å². The lowest BCUT2D eigenvalue weighted by Gasteiger charge is -2.18. The zero-order chi connectivity index (χ0) is 20.7. The summed E-state index contributed by atoms with van der Waals surface area (Å²) < 4.78 is 98.7. The van der Waals surface area contributed by atoms with Crippen molar-refractivity contribution >= 4 is 9.84 Å². The Kier molecular flexibility index (Phi) is 5.51. The fourth-order valence-corrected chi connectivity index (χ4v) is 5.48. The van der Waals surface area contributed by atoms with Crippen LogP contribution in [0.1, 0.15) is 24.8 Å².